The maximum atomic E-state index is 15.1. The van der Waals surface area contributed by atoms with Gasteiger partial charge in [-0.15, -0.1) is 0 Å². The molecule has 3 rings (SSSR count). The Labute approximate surface area is 170 Å². The van der Waals surface area contributed by atoms with Gasteiger partial charge in [-0.2, -0.15) is 0 Å². The fraction of sp³-hybridized carbons (Fsp3) is 0.500. The molecule has 0 N–H and O–H groups in total. The number of aryl methyl sites for hydroxylation is 1. The van der Waals surface area contributed by atoms with Gasteiger partial charge in [0.25, 0.3) is 0 Å². The van der Waals surface area contributed by atoms with Gasteiger partial charge in [0, 0.05) is 37.4 Å². The predicted molar refractivity (Wildman–Crippen MR) is 116 cm³/mol. The highest BCUT2D eigenvalue weighted by Crippen LogP contribution is 2.29. The zero-order valence-electron chi connectivity index (χ0n) is 17.6. The Morgan fingerprint density at radius 1 is 1.04 bits per heavy atom. The number of hydrogen-bond donors (Lipinski definition) is 0. The van der Waals surface area contributed by atoms with Crippen molar-refractivity contribution in [1.29, 1.82) is 0 Å². The van der Waals surface area contributed by atoms with Crippen molar-refractivity contribution in [2.45, 2.75) is 45.9 Å². The molecule has 1 aliphatic rings. The molecule has 0 spiro atoms. The van der Waals surface area contributed by atoms with E-state index in [2.05, 4.69) is 42.1 Å². The normalized spacial score (nSPS) is 15.4. The Kier molecular flexibility index (Phi) is 6.40. The zero-order valence-corrected chi connectivity index (χ0v) is 18.6. The second-order valence-corrected chi connectivity index (χ2v) is 11.4. The van der Waals surface area contributed by atoms with Gasteiger partial charge >= 0.3 is 0 Å². The van der Waals surface area contributed by atoms with Gasteiger partial charge in [0.15, 0.2) is 5.82 Å². The van der Waals surface area contributed by atoms with Crippen LogP contribution in [0.4, 0.5) is 15.9 Å². The monoisotopic (exact) mass is 400 g/mol. The number of pyridine rings is 1. The molecule has 1 fully saturated rings. The molecule has 4 nitrogen and oxygen atoms in total. The molecule has 0 aliphatic carbocycles. The summed E-state index contributed by atoms with van der Waals surface area (Å²) in [6.07, 6.45) is 0. The van der Waals surface area contributed by atoms with Gasteiger partial charge in [-0.25, -0.2) is 9.37 Å². The minimum absolute atomic E-state index is 0.138. The molecular formula is C22H31FN3OSi. The first-order chi connectivity index (χ1) is 13.3. The summed E-state index contributed by atoms with van der Waals surface area (Å²) in [4.78, 5) is 9.01. The molecule has 0 unspecified atom stereocenters. The van der Waals surface area contributed by atoms with Crippen LogP contribution in [0.5, 0.6) is 0 Å². The topological polar surface area (TPSA) is 28.6 Å². The van der Waals surface area contributed by atoms with Crippen LogP contribution in [0.2, 0.25) is 11.6 Å². The summed E-state index contributed by atoms with van der Waals surface area (Å²) in [7, 11) is -0.991. The van der Waals surface area contributed by atoms with Gasteiger partial charge in [0.2, 0.25) is 9.04 Å². The second-order valence-electron chi connectivity index (χ2n) is 8.46. The molecule has 151 valence electrons. The van der Waals surface area contributed by atoms with Crippen molar-refractivity contribution in [3.63, 3.8) is 0 Å². The fourth-order valence-corrected chi connectivity index (χ4v) is 4.01. The lowest BCUT2D eigenvalue weighted by molar-refractivity contribution is 0.288. The molecular weight excluding hydrogens is 369 g/mol. The lowest BCUT2D eigenvalue weighted by Crippen LogP contribution is -2.47. The van der Waals surface area contributed by atoms with Crippen molar-refractivity contribution in [1.82, 2.24) is 4.98 Å². The van der Waals surface area contributed by atoms with E-state index in [1.807, 2.05) is 43.3 Å². The van der Waals surface area contributed by atoms with E-state index in [1.165, 1.54) is 0 Å². The molecule has 2 aromatic rings. The molecule has 0 amide bonds. The molecule has 1 aromatic heterocycles. The summed E-state index contributed by atoms with van der Waals surface area (Å²) in [6, 6.07) is 11.7. The first-order valence-electron chi connectivity index (χ1n) is 9.93. The molecule has 1 aromatic carbocycles. The van der Waals surface area contributed by atoms with E-state index in [9.17, 15) is 0 Å². The minimum atomic E-state index is -0.991. The Hall–Kier alpha value is -1.92. The van der Waals surface area contributed by atoms with Crippen LogP contribution in [-0.2, 0) is 11.0 Å². The Morgan fingerprint density at radius 2 is 1.68 bits per heavy atom. The van der Waals surface area contributed by atoms with Crippen LogP contribution in [0, 0.1) is 12.7 Å². The van der Waals surface area contributed by atoms with E-state index in [-0.39, 0.29) is 10.9 Å². The van der Waals surface area contributed by atoms with Crippen molar-refractivity contribution in [3.05, 3.63) is 53.5 Å². The number of hydrogen-bond acceptors (Lipinski definition) is 4. The maximum Gasteiger partial charge on any atom is 0.214 e. The molecule has 0 atom stereocenters. The van der Waals surface area contributed by atoms with Crippen LogP contribution < -0.4 is 9.80 Å². The predicted octanol–water partition coefficient (Wildman–Crippen LogP) is 4.79. The molecule has 1 saturated heterocycles. The summed E-state index contributed by atoms with van der Waals surface area (Å²) in [6.45, 7) is 14.3. The van der Waals surface area contributed by atoms with Crippen LogP contribution in [0.25, 0.3) is 0 Å². The lowest BCUT2D eigenvalue weighted by Gasteiger charge is -2.37. The quantitative estimate of drug-likeness (QED) is 0.675. The summed E-state index contributed by atoms with van der Waals surface area (Å²) >= 11 is 0. The number of anilines is 2. The van der Waals surface area contributed by atoms with Crippen LogP contribution in [0.1, 0.15) is 32.0 Å². The van der Waals surface area contributed by atoms with E-state index in [0.29, 0.717) is 17.9 Å². The van der Waals surface area contributed by atoms with Crippen LogP contribution in [0.3, 0.4) is 0 Å². The average Bonchev–Trinajstić information content (AvgIpc) is 2.66. The third-order valence-electron chi connectivity index (χ3n) is 5.38. The van der Waals surface area contributed by atoms with E-state index in [4.69, 9.17) is 4.43 Å². The third-order valence-corrected chi connectivity index (χ3v) is 8.07. The van der Waals surface area contributed by atoms with Crippen molar-refractivity contribution >= 4 is 20.5 Å². The fourth-order valence-electron chi connectivity index (χ4n) is 3.21. The average molecular weight is 401 g/mol. The molecule has 2 heterocycles. The van der Waals surface area contributed by atoms with E-state index in [1.54, 1.807) is 0 Å². The number of piperazine rings is 1. The molecule has 28 heavy (non-hydrogen) atoms. The first-order valence-corrected chi connectivity index (χ1v) is 11.8. The van der Waals surface area contributed by atoms with Crippen molar-refractivity contribution in [3.8, 4) is 0 Å². The number of halogens is 1. The van der Waals surface area contributed by atoms with Crippen molar-refractivity contribution in [2.75, 3.05) is 36.0 Å². The summed E-state index contributed by atoms with van der Waals surface area (Å²) in [5, 5.41) is 0.138. The van der Waals surface area contributed by atoms with Gasteiger partial charge < -0.3 is 14.2 Å². The van der Waals surface area contributed by atoms with Gasteiger partial charge in [0.1, 0.15) is 5.82 Å². The van der Waals surface area contributed by atoms with Gasteiger partial charge in [0.05, 0.1) is 12.3 Å². The highest BCUT2D eigenvalue weighted by molar-refractivity contribution is 6.53. The van der Waals surface area contributed by atoms with Gasteiger partial charge in [-0.1, -0.05) is 39.0 Å². The van der Waals surface area contributed by atoms with Crippen molar-refractivity contribution < 1.29 is 8.82 Å². The molecule has 1 radical (unpaired) electrons. The maximum absolute atomic E-state index is 15.1. The highest BCUT2D eigenvalue weighted by atomic mass is 28.3. The van der Waals surface area contributed by atoms with Gasteiger partial charge in [-0.3, -0.25) is 0 Å². The third kappa shape index (κ3) is 4.91. The largest absolute Gasteiger partial charge is 0.412 e. The summed E-state index contributed by atoms with van der Waals surface area (Å²) in [5.41, 5.74) is 2.35. The minimum Gasteiger partial charge on any atom is -0.412 e. The van der Waals surface area contributed by atoms with Crippen molar-refractivity contribution in [2.24, 2.45) is 0 Å². The SMILES string of the molecule is Cc1cccc(N2CCN(c3cccc(CO[Si](C)C(C)(C)C)c3F)CC2)n1. The zero-order chi connectivity index (χ0) is 20.3. The lowest BCUT2D eigenvalue weighted by atomic mass is 10.1. The summed E-state index contributed by atoms with van der Waals surface area (Å²) < 4.78 is 21.2. The smallest absolute Gasteiger partial charge is 0.214 e. The van der Waals surface area contributed by atoms with E-state index >= 15 is 4.39 Å². The first kappa shape index (κ1) is 20.8. The highest BCUT2D eigenvalue weighted by Gasteiger charge is 2.25. The second kappa shape index (κ2) is 8.62. The number of nitrogens with zero attached hydrogens (tertiary/aromatic N) is 3. The van der Waals surface area contributed by atoms with Crippen LogP contribution in [-0.4, -0.2) is 40.2 Å². The van der Waals surface area contributed by atoms with Crippen LogP contribution >= 0.6 is 0 Å². The van der Waals surface area contributed by atoms with Gasteiger partial charge in [-0.05, 0) is 36.7 Å². The molecule has 0 bridgehead atoms. The Morgan fingerprint density at radius 3 is 2.32 bits per heavy atom. The number of benzene rings is 1. The number of aromatic nitrogens is 1. The van der Waals surface area contributed by atoms with E-state index < -0.39 is 9.04 Å². The molecule has 0 saturated carbocycles. The Bertz CT molecular complexity index is 801. The Balaban J connectivity index is 1.65. The standard InChI is InChI=1S/C22H31FN3OSi/c1-17-8-6-11-20(24-17)26-14-12-25(13-15-26)19-10-7-9-18(21(19)23)16-27-28(5)22(2,3)4/h6-11H,12-16H2,1-5H3. The molecule has 6 heteroatoms. The number of rotatable bonds is 5. The van der Waals surface area contributed by atoms with Crippen LogP contribution in [0.15, 0.2) is 36.4 Å². The summed E-state index contributed by atoms with van der Waals surface area (Å²) in [5.74, 6) is 0.857. The molecule has 1 aliphatic heterocycles. The van der Waals surface area contributed by atoms with E-state index in [0.717, 1.165) is 37.7 Å².